The number of benzene rings is 1. The number of carbonyl (C=O) groups is 1. The Morgan fingerprint density at radius 3 is 2.17 bits per heavy atom. The molecular weight excluding hydrogens is 300 g/mol. The lowest BCUT2D eigenvalue weighted by atomic mass is 9.87. The summed E-state index contributed by atoms with van der Waals surface area (Å²) < 4.78 is 5.32. The van der Waals surface area contributed by atoms with Crippen LogP contribution in [0.25, 0.3) is 0 Å². The highest BCUT2D eigenvalue weighted by atomic mass is 16.5. The summed E-state index contributed by atoms with van der Waals surface area (Å²) in [4.78, 5) is 12.1. The summed E-state index contributed by atoms with van der Waals surface area (Å²) in [5.41, 5.74) is 1.04. The van der Waals surface area contributed by atoms with Gasteiger partial charge in [-0.25, -0.2) is 4.79 Å². The topological polar surface area (TPSA) is 46.5 Å². The molecule has 1 N–H and O–H groups in total. The van der Waals surface area contributed by atoms with Crippen LogP contribution in [-0.4, -0.2) is 23.3 Å². The summed E-state index contributed by atoms with van der Waals surface area (Å²) in [6, 6.07) is 7.56. The summed E-state index contributed by atoms with van der Waals surface area (Å²) in [7, 11) is 0. The number of esters is 1. The highest BCUT2D eigenvalue weighted by Gasteiger charge is 2.21. The third kappa shape index (κ3) is 7.48. The van der Waals surface area contributed by atoms with Crippen LogP contribution in [0.4, 0.5) is 0 Å². The van der Waals surface area contributed by atoms with Crippen molar-refractivity contribution in [2.75, 3.05) is 6.61 Å². The number of hydrogen-bond acceptors (Lipinski definition) is 3. The molecule has 0 aromatic heterocycles. The molecule has 0 saturated carbocycles. The molecule has 3 heteroatoms. The van der Waals surface area contributed by atoms with E-state index in [9.17, 15) is 9.90 Å². The first kappa shape index (κ1) is 20.7. The first-order valence-electron chi connectivity index (χ1n) is 9.01. The normalized spacial score (nSPS) is 14.5. The summed E-state index contributed by atoms with van der Waals surface area (Å²) in [6.07, 6.45) is 3.31. The Morgan fingerprint density at radius 1 is 1.08 bits per heavy atom. The average molecular weight is 335 g/mol. The van der Waals surface area contributed by atoms with E-state index in [0.717, 1.165) is 19.3 Å². The molecule has 0 heterocycles. The second-order valence-electron chi connectivity index (χ2n) is 8.50. The highest BCUT2D eigenvalue weighted by molar-refractivity contribution is 5.89. The van der Waals surface area contributed by atoms with Gasteiger partial charge >= 0.3 is 5.97 Å². The van der Waals surface area contributed by atoms with Crippen molar-refractivity contribution in [2.24, 2.45) is 5.92 Å². The maximum Gasteiger partial charge on any atom is 0.338 e. The Labute approximate surface area is 147 Å². The van der Waals surface area contributed by atoms with Gasteiger partial charge in [-0.2, -0.15) is 0 Å². The van der Waals surface area contributed by atoms with Gasteiger partial charge in [-0.15, -0.1) is 0 Å². The Morgan fingerprint density at radius 2 is 1.67 bits per heavy atom. The summed E-state index contributed by atoms with van der Waals surface area (Å²) in [6.45, 7) is 12.8. The third-order valence-corrected chi connectivity index (χ3v) is 4.36. The van der Waals surface area contributed by atoms with Crippen LogP contribution in [0.15, 0.2) is 24.3 Å². The molecule has 3 nitrogen and oxygen atoms in total. The Hall–Kier alpha value is -1.35. The fourth-order valence-corrected chi connectivity index (χ4v) is 2.57. The van der Waals surface area contributed by atoms with Gasteiger partial charge in [0.1, 0.15) is 0 Å². The van der Waals surface area contributed by atoms with Crippen LogP contribution < -0.4 is 0 Å². The lowest BCUT2D eigenvalue weighted by molar-refractivity contribution is 0.00828. The molecule has 0 saturated heterocycles. The SMILES string of the molecule is CC(C)CCCC(C)(O)CCOC(=O)c1ccc(C(C)(C)C)cc1. The van der Waals surface area contributed by atoms with Crippen molar-refractivity contribution in [3.63, 3.8) is 0 Å². The molecule has 0 aliphatic carbocycles. The second kappa shape index (κ2) is 8.66. The van der Waals surface area contributed by atoms with Crippen molar-refractivity contribution in [3.8, 4) is 0 Å². The molecule has 0 spiro atoms. The van der Waals surface area contributed by atoms with Crippen molar-refractivity contribution in [1.29, 1.82) is 0 Å². The first-order valence-corrected chi connectivity index (χ1v) is 9.01. The molecule has 0 aliphatic rings. The molecule has 0 bridgehead atoms. The molecule has 0 radical (unpaired) electrons. The van der Waals surface area contributed by atoms with Crippen LogP contribution in [0.1, 0.15) is 83.1 Å². The monoisotopic (exact) mass is 334 g/mol. The van der Waals surface area contributed by atoms with Crippen LogP contribution >= 0.6 is 0 Å². The number of aliphatic hydroxyl groups is 1. The molecule has 0 fully saturated rings. The molecule has 136 valence electrons. The van der Waals surface area contributed by atoms with Gasteiger partial charge in [0, 0.05) is 6.42 Å². The van der Waals surface area contributed by atoms with Gasteiger partial charge in [0.05, 0.1) is 17.8 Å². The smallest absolute Gasteiger partial charge is 0.338 e. The van der Waals surface area contributed by atoms with E-state index in [-0.39, 0.29) is 18.0 Å². The van der Waals surface area contributed by atoms with E-state index in [2.05, 4.69) is 34.6 Å². The van der Waals surface area contributed by atoms with Crippen LogP contribution in [0, 0.1) is 5.92 Å². The largest absolute Gasteiger partial charge is 0.462 e. The van der Waals surface area contributed by atoms with Crippen LogP contribution in [0.2, 0.25) is 0 Å². The average Bonchev–Trinajstić information content (AvgIpc) is 2.45. The Balaban J connectivity index is 2.43. The van der Waals surface area contributed by atoms with Crippen LogP contribution in [0.3, 0.4) is 0 Å². The predicted octanol–water partition coefficient (Wildman–Crippen LogP) is 5.11. The lowest BCUT2D eigenvalue weighted by Crippen LogP contribution is -2.26. The molecule has 1 rings (SSSR count). The minimum absolute atomic E-state index is 0.0666. The van der Waals surface area contributed by atoms with Gasteiger partial charge in [0.25, 0.3) is 0 Å². The summed E-state index contributed by atoms with van der Waals surface area (Å²) in [5, 5.41) is 10.3. The van der Waals surface area contributed by atoms with E-state index in [1.54, 1.807) is 0 Å². The molecule has 0 aliphatic heterocycles. The van der Waals surface area contributed by atoms with Gasteiger partial charge in [-0.3, -0.25) is 0 Å². The second-order valence-corrected chi connectivity index (χ2v) is 8.50. The van der Waals surface area contributed by atoms with Gasteiger partial charge < -0.3 is 9.84 Å². The number of ether oxygens (including phenoxy) is 1. The van der Waals surface area contributed by atoms with Crippen molar-refractivity contribution < 1.29 is 14.6 Å². The minimum atomic E-state index is -0.773. The number of hydrogen-bond donors (Lipinski definition) is 1. The zero-order valence-corrected chi connectivity index (χ0v) is 16.2. The Kier molecular flexibility index (Phi) is 7.47. The standard InChI is InChI=1S/C21H34O3/c1-16(2)8-7-13-21(6,23)14-15-24-19(22)17-9-11-18(12-10-17)20(3,4)5/h9-12,16,23H,7-8,13-15H2,1-6H3. The number of rotatable bonds is 8. The van der Waals surface area contributed by atoms with E-state index in [0.29, 0.717) is 17.9 Å². The predicted molar refractivity (Wildman–Crippen MR) is 99.4 cm³/mol. The molecule has 1 unspecified atom stereocenters. The van der Waals surface area contributed by atoms with E-state index in [1.165, 1.54) is 5.56 Å². The van der Waals surface area contributed by atoms with Gasteiger partial charge in [-0.1, -0.05) is 59.6 Å². The molecule has 1 atom stereocenters. The first-order chi connectivity index (χ1) is 11.0. The molecule has 24 heavy (non-hydrogen) atoms. The van der Waals surface area contributed by atoms with Crippen molar-refractivity contribution >= 4 is 5.97 Å². The lowest BCUT2D eigenvalue weighted by Gasteiger charge is -2.23. The Bertz CT molecular complexity index is 507. The van der Waals surface area contributed by atoms with Gasteiger partial charge in [0.15, 0.2) is 0 Å². The van der Waals surface area contributed by atoms with Crippen molar-refractivity contribution in [2.45, 2.75) is 78.2 Å². The van der Waals surface area contributed by atoms with Gasteiger partial charge in [-0.05, 0) is 42.4 Å². The van der Waals surface area contributed by atoms with E-state index in [1.807, 2.05) is 31.2 Å². The molecule has 0 amide bonds. The quantitative estimate of drug-likeness (QED) is 0.672. The highest BCUT2D eigenvalue weighted by Crippen LogP contribution is 2.23. The number of carbonyl (C=O) groups excluding carboxylic acids is 1. The van der Waals surface area contributed by atoms with E-state index >= 15 is 0 Å². The maximum absolute atomic E-state index is 12.1. The van der Waals surface area contributed by atoms with Gasteiger partial charge in [0.2, 0.25) is 0 Å². The van der Waals surface area contributed by atoms with E-state index in [4.69, 9.17) is 4.74 Å². The fraction of sp³-hybridized carbons (Fsp3) is 0.667. The summed E-state index contributed by atoms with van der Waals surface area (Å²) >= 11 is 0. The van der Waals surface area contributed by atoms with Crippen LogP contribution in [-0.2, 0) is 10.2 Å². The van der Waals surface area contributed by atoms with Crippen molar-refractivity contribution in [3.05, 3.63) is 35.4 Å². The van der Waals surface area contributed by atoms with Crippen LogP contribution in [0.5, 0.6) is 0 Å². The third-order valence-electron chi connectivity index (χ3n) is 4.36. The van der Waals surface area contributed by atoms with E-state index < -0.39 is 5.60 Å². The zero-order valence-electron chi connectivity index (χ0n) is 16.2. The molecule has 1 aromatic rings. The molecular formula is C21H34O3. The summed E-state index contributed by atoms with van der Waals surface area (Å²) in [5.74, 6) is 0.322. The zero-order chi connectivity index (χ0) is 18.4. The van der Waals surface area contributed by atoms with Crippen molar-refractivity contribution in [1.82, 2.24) is 0 Å². The molecule has 1 aromatic carbocycles. The fourth-order valence-electron chi connectivity index (χ4n) is 2.57. The minimum Gasteiger partial charge on any atom is -0.462 e. The maximum atomic E-state index is 12.1.